The first-order valence-corrected chi connectivity index (χ1v) is 23.5. The molecule has 5 N–H and O–H groups in total. The molecule has 0 saturated carbocycles. The number of anilines is 1. The Bertz CT molecular complexity index is 2470. The van der Waals surface area contributed by atoms with E-state index in [-0.39, 0.29) is 89.4 Å². The lowest BCUT2D eigenvalue weighted by Crippen LogP contribution is -2.55. The van der Waals surface area contributed by atoms with E-state index in [2.05, 4.69) is 20.9 Å². The highest BCUT2D eigenvalue weighted by Gasteiger charge is 2.54. The SMILES string of the molecule is CO[C@H]1OCCN2[C@@H]1O[C@@H]1[C@H](C)OC(O[C@H]3C[C@H](C(C)=O)Cc4c(O)c5c(c(O)c43)C(=O)c3c(NC(=O)[C@H](C)NC(=O)[C@@H](NC(=O)CCCCCN4C(=O)C=CC4=O)C(C)C)cccc3C5=O)C[C@@H]12. The summed E-state index contributed by atoms with van der Waals surface area (Å²) in [7, 11) is 1.54. The van der Waals surface area contributed by atoms with Gasteiger partial charge >= 0.3 is 0 Å². The second-order valence-corrected chi connectivity index (χ2v) is 18.9. The Labute approximate surface area is 398 Å². The number of ether oxygens (including phenoxy) is 5. The van der Waals surface area contributed by atoms with E-state index in [0.29, 0.717) is 38.8 Å². The summed E-state index contributed by atoms with van der Waals surface area (Å²) in [4.78, 5) is 109. The molecule has 0 radical (unpaired) electrons. The minimum absolute atomic E-state index is 0.0355. The number of nitrogens with one attached hydrogen (secondary N) is 3. The Balaban J connectivity index is 0.966. The van der Waals surface area contributed by atoms with Gasteiger partial charge in [-0.2, -0.15) is 0 Å². The maximum absolute atomic E-state index is 14.7. The van der Waals surface area contributed by atoms with Gasteiger partial charge in [-0.3, -0.25) is 48.2 Å². The molecule has 0 bridgehead atoms. The molecule has 370 valence electrons. The van der Waals surface area contributed by atoms with Gasteiger partial charge in [-0.1, -0.05) is 32.4 Å². The third-order valence-electron chi connectivity index (χ3n) is 14.0. The molecular formula is C49H59N5O15. The fourth-order valence-corrected chi connectivity index (χ4v) is 10.3. The number of Topliss-reactive ketones (excluding diaryl/α,β-unsaturated/α-hetero) is 1. The maximum Gasteiger partial charge on any atom is 0.253 e. The summed E-state index contributed by atoms with van der Waals surface area (Å²) < 4.78 is 30.6. The molecule has 2 aromatic rings. The van der Waals surface area contributed by atoms with Crippen molar-refractivity contribution in [2.24, 2.45) is 11.8 Å². The summed E-state index contributed by atoms with van der Waals surface area (Å²) in [6.45, 7) is 9.37. The Morgan fingerprint density at radius 2 is 1.61 bits per heavy atom. The van der Waals surface area contributed by atoms with Crippen molar-refractivity contribution in [3.63, 3.8) is 0 Å². The molecule has 5 amide bonds. The smallest absolute Gasteiger partial charge is 0.253 e. The van der Waals surface area contributed by atoms with Crippen LogP contribution in [0.1, 0.15) is 122 Å². The van der Waals surface area contributed by atoms with E-state index in [1.165, 1.54) is 44.2 Å². The average molecular weight is 958 g/mol. The number of rotatable bonds is 16. The van der Waals surface area contributed by atoms with Gasteiger partial charge in [0.2, 0.25) is 17.7 Å². The normalized spacial score (nSPS) is 27.0. The molecule has 0 spiro atoms. The molecule has 10 atom stereocenters. The largest absolute Gasteiger partial charge is 0.507 e. The molecule has 8 rings (SSSR count). The third kappa shape index (κ3) is 9.57. The zero-order valence-electron chi connectivity index (χ0n) is 39.4. The van der Waals surface area contributed by atoms with Gasteiger partial charge in [-0.25, -0.2) is 0 Å². The Hall–Kier alpha value is -5.90. The first-order valence-electron chi connectivity index (χ1n) is 23.5. The van der Waals surface area contributed by atoms with Crippen LogP contribution in [-0.2, 0) is 58.9 Å². The topological polar surface area (TPSA) is 266 Å². The van der Waals surface area contributed by atoms with Crippen LogP contribution >= 0.6 is 0 Å². The second kappa shape index (κ2) is 20.2. The first kappa shape index (κ1) is 49.5. The molecule has 4 heterocycles. The van der Waals surface area contributed by atoms with E-state index in [4.69, 9.17) is 23.7 Å². The monoisotopic (exact) mass is 957 g/mol. The summed E-state index contributed by atoms with van der Waals surface area (Å²) in [5.41, 5.74) is -1.28. The Kier molecular flexibility index (Phi) is 14.5. The number of ketones is 3. The van der Waals surface area contributed by atoms with Crippen LogP contribution in [0, 0.1) is 11.8 Å². The number of benzene rings is 2. The van der Waals surface area contributed by atoms with Crippen LogP contribution in [0.3, 0.4) is 0 Å². The molecule has 69 heavy (non-hydrogen) atoms. The number of unbranched alkanes of at least 4 members (excludes halogenated alkanes) is 2. The van der Waals surface area contributed by atoms with Crippen molar-refractivity contribution in [2.45, 2.75) is 135 Å². The summed E-state index contributed by atoms with van der Waals surface area (Å²) in [6.07, 6.45) is 0.629. The lowest BCUT2D eigenvalue weighted by atomic mass is 9.73. The van der Waals surface area contributed by atoms with Gasteiger partial charge < -0.3 is 49.8 Å². The Morgan fingerprint density at radius 3 is 2.30 bits per heavy atom. The highest BCUT2D eigenvalue weighted by Crippen LogP contribution is 2.52. The predicted octanol–water partition coefficient (Wildman–Crippen LogP) is 2.68. The number of nitrogens with zero attached hydrogens (tertiary/aromatic N) is 2. The van der Waals surface area contributed by atoms with Gasteiger partial charge in [-0.15, -0.1) is 0 Å². The zero-order chi connectivity index (χ0) is 49.6. The van der Waals surface area contributed by atoms with Crippen LogP contribution < -0.4 is 16.0 Å². The molecule has 20 nitrogen and oxygen atoms in total. The van der Waals surface area contributed by atoms with Gasteiger partial charge in [-0.05, 0) is 58.4 Å². The van der Waals surface area contributed by atoms with Gasteiger partial charge in [0, 0.05) is 73.8 Å². The van der Waals surface area contributed by atoms with Gasteiger partial charge in [0.15, 0.2) is 30.4 Å². The minimum Gasteiger partial charge on any atom is -0.507 e. The van der Waals surface area contributed by atoms with Crippen LogP contribution in [0.25, 0.3) is 0 Å². The van der Waals surface area contributed by atoms with Crippen LogP contribution in [-0.4, -0.2) is 143 Å². The van der Waals surface area contributed by atoms with Gasteiger partial charge in [0.05, 0.1) is 41.2 Å². The standard InChI is InChI=1S/C49H59N5O15/c1-22(2)40(52-32(56)13-8-7-9-16-54-33(57)14-15-34(54)58)47(64)50-23(3)46(63)51-29-12-10-11-27-36(29)43(61)39-38(41(27)59)42(60)28-19-26(24(4)55)20-31(37(28)44(39)62)68-35-21-30-45(25(5)67-35)69-48-49(65-6)66-18-17-53(30)48/h10-12,14-15,22-23,25-26,30-31,35,40,45,48-49,60,62H,7-9,13,16-21H2,1-6H3,(H,50,64)(H,51,63)(H,52,56)/t23-,25-,26+,30-,31-,35?,40-,45+,48+,49-/m0/s1. The van der Waals surface area contributed by atoms with Gasteiger partial charge in [0.1, 0.15) is 35.5 Å². The highest BCUT2D eigenvalue weighted by molar-refractivity contribution is 6.32. The van der Waals surface area contributed by atoms with Crippen molar-refractivity contribution in [3.05, 3.63) is 63.7 Å². The molecule has 6 aliphatic rings. The van der Waals surface area contributed by atoms with Crippen LogP contribution in [0.4, 0.5) is 5.69 Å². The quantitative estimate of drug-likeness (QED) is 0.0785. The number of phenols is 2. The number of carbonyl (C=O) groups is 8. The minimum atomic E-state index is -1.21. The van der Waals surface area contributed by atoms with E-state index in [1.807, 2.05) is 6.92 Å². The number of hydrogen-bond donors (Lipinski definition) is 5. The number of aromatic hydroxyl groups is 2. The Morgan fingerprint density at radius 1 is 0.884 bits per heavy atom. The molecule has 3 fully saturated rings. The number of methoxy groups -OCH3 is 1. The lowest BCUT2D eigenvalue weighted by Gasteiger charge is -2.42. The number of fused-ring (bicyclic) bond motifs is 6. The fraction of sp³-hybridized carbons (Fsp3) is 0.551. The summed E-state index contributed by atoms with van der Waals surface area (Å²) in [6, 6.07) is 1.82. The highest BCUT2D eigenvalue weighted by atomic mass is 16.7. The summed E-state index contributed by atoms with van der Waals surface area (Å²) in [5.74, 6) is -6.63. The number of morpholine rings is 1. The molecule has 3 saturated heterocycles. The van der Waals surface area contributed by atoms with E-state index < -0.39 is 101 Å². The number of amides is 5. The zero-order valence-corrected chi connectivity index (χ0v) is 39.4. The van der Waals surface area contributed by atoms with Crippen molar-refractivity contribution in [1.82, 2.24) is 20.4 Å². The van der Waals surface area contributed by atoms with Crippen LogP contribution in [0.15, 0.2) is 30.4 Å². The van der Waals surface area contributed by atoms with Crippen molar-refractivity contribution >= 4 is 52.6 Å². The fourth-order valence-electron chi connectivity index (χ4n) is 10.3. The van der Waals surface area contributed by atoms with Crippen molar-refractivity contribution in [3.8, 4) is 11.5 Å². The van der Waals surface area contributed by atoms with E-state index in [9.17, 15) is 48.6 Å². The van der Waals surface area contributed by atoms with Crippen molar-refractivity contribution < 1.29 is 72.3 Å². The number of phenolic OH excluding ortho intramolecular Hbond substituents is 2. The molecule has 1 unspecified atom stereocenters. The molecule has 2 aromatic carbocycles. The number of carbonyl (C=O) groups excluding carboxylic acids is 8. The molecule has 0 aromatic heterocycles. The first-order chi connectivity index (χ1) is 32.9. The molecule has 20 heteroatoms. The number of hydrogen-bond acceptors (Lipinski definition) is 16. The van der Waals surface area contributed by atoms with Crippen molar-refractivity contribution in [2.75, 3.05) is 32.1 Å². The average Bonchev–Trinajstić information content (AvgIpc) is 3.85. The predicted molar refractivity (Wildman–Crippen MR) is 242 cm³/mol. The molecule has 2 aliphatic carbocycles. The van der Waals surface area contributed by atoms with Crippen LogP contribution in [0.5, 0.6) is 11.5 Å². The van der Waals surface area contributed by atoms with Gasteiger partial charge in [0.25, 0.3) is 11.8 Å². The van der Waals surface area contributed by atoms with E-state index >= 15 is 0 Å². The molecular weight excluding hydrogens is 899 g/mol. The van der Waals surface area contributed by atoms with E-state index in [0.717, 1.165) is 4.90 Å². The van der Waals surface area contributed by atoms with Crippen LogP contribution in [0.2, 0.25) is 0 Å². The molecule has 4 aliphatic heterocycles. The summed E-state index contributed by atoms with van der Waals surface area (Å²) >= 11 is 0. The van der Waals surface area contributed by atoms with E-state index in [1.54, 1.807) is 21.0 Å². The second-order valence-electron chi connectivity index (χ2n) is 18.9. The summed E-state index contributed by atoms with van der Waals surface area (Å²) in [5, 5.41) is 32.1. The third-order valence-corrected chi connectivity index (χ3v) is 14.0. The van der Waals surface area contributed by atoms with Crippen molar-refractivity contribution in [1.29, 1.82) is 0 Å². The lowest BCUT2D eigenvalue weighted by molar-refractivity contribution is -0.254. The number of imide groups is 1. The maximum atomic E-state index is 14.7.